The van der Waals surface area contributed by atoms with Gasteiger partial charge in [0.05, 0.1) is 11.5 Å². The quantitative estimate of drug-likeness (QED) is 0.750. The molecule has 2 unspecified atom stereocenters. The number of carbonyl (C=O) groups is 1. The van der Waals surface area contributed by atoms with Crippen molar-refractivity contribution in [2.24, 2.45) is 5.92 Å². The molecule has 0 radical (unpaired) electrons. The molecule has 0 aliphatic carbocycles. The Bertz CT molecular complexity index is 435. The minimum absolute atomic E-state index is 0.0957. The molecule has 0 bridgehead atoms. The van der Waals surface area contributed by atoms with E-state index in [0.717, 1.165) is 19.5 Å². The number of sulfone groups is 1. The lowest BCUT2D eigenvalue weighted by Gasteiger charge is -2.28. The van der Waals surface area contributed by atoms with Crippen molar-refractivity contribution in [3.05, 3.63) is 0 Å². The van der Waals surface area contributed by atoms with Gasteiger partial charge >= 0.3 is 0 Å². The molecule has 0 aromatic heterocycles. The van der Waals surface area contributed by atoms with Crippen LogP contribution < -0.4 is 0 Å². The predicted octanol–water partition coefficient (Wildman–Crippen LogP) is 0.364. The number of nitrogens with zero attached hydrogens (tertiary/aromatic N) is 2. The first-order chi connectivity index (χ1) is 8.91. The smallest absolute Gasteiger partial charge is 0.223 e. The zero-order valence-corrected chi connectivity index (χ0v) is 12.7. The van der Waals surface area contributed by atoms with Crippen LogP contribution in [0.3, 0.4) is 0 Å². The minimum atomic E-state index is -2.92. The van der Waals surface area contributed by atoms with Gasteiger partial charge in [-0.1, -0.05) is 0 Å². The third-order valence-electron chi connectivity index (χ3n) is 4.26. The van der Waals surface area contributed by atoms with Gasteiger partial charge in [0, 0.05) is 25.6 Å². The van der Waals surface area contributed by atoms with Crippen molar-refractivity contribution in [3.63, 3.8) is 0 Å². The summed E-state index contributed by atoms with van der Waals surface area (Å²) in [6.45, 7) is 4.58. The maximum atomic E-state index is 12.3. The highest BCUT2D eigenvalue weighted by molar-refractivity contribution is 7.91. The molecule has 2 heterocycles. The van der Waals surface area contributed by atoms with Crippen LogP contribution in [0.4, 0.5) is 0 Å². The lowest BCUT2D eigenvalue weighted by molar-refractivity contribution is -0.133. The lowest BCUT2D eigenvalue weighted by atomic mass is 10.0. The molecule has 2 atom stereocenters. The van der Waals surface area contributed by atoms with Crippen molar-refractivity contribution < 1.29 is 13.2 Å². The fourth-order valence-corrected chi connectivity index (χ4v) is 4.95. The van der Waals surface area contributed by atoms with E-state index in [-0.39, 0.29) is 23.5 Å². The number of carbonyl (C=O) groups excluding carboxylic acids is 1. The third kappa shape index (κ3) is 3.69. The Balaban J connectivity index is 1.92. The van der Waals surface area contributed by atoms with Crippen molar-refractivity contribution in [2.45, 2.75) is 32.2 Å². The van der Waals surface area contributed by atoms with Crippen LogP contribution in [0.15, 0.2) is 0 Å². The van der Waals surface area contributed by atoms with E-state index in [1.807, 2.05) is 6.92 Å². The first-order valence-corrected chi connectivity index (χ1v) is 8.92. The zero-order chi connectivity index (χ0) is 14.0. The van der Waals surface area contributed by atoms with E-state index in [2.05, 4.69) is 11.9 Å². The van der Waals surface area contributed by atoms with E-state index in [1.165, 1.54) is 0 Å². The van der Waals surface area contributed by atoms with Crippen LogP contribution in [0.2, 0.25) is 0 Å². The van der Waals surface area contributed by atoms with Crippen molar-refractivity contribution in [2.75, 3.05) is 38.2 Å². The second-order valence-corrected chi connectivity index (χ2v) is 8.09. The Morgan fingerprint density at radius 2 is 2.11 bits per heavy atom. The summed E-state index contributed by atoms with van der Waals surface area (Å²) in [5.41, 5.74) is 0. The SMILES string of the molecule is CCN(C(=O)CC1CCN(C)C1)C1CCS(=O)(=O)C1. The molecule has 19 heavy (non-hydrogen) atoms. The van der Waals surface area contributed by atoms with Gasteiger partial charge in [-0.3, -0.25) is 4.79 Å². The monoisotopic (exact) mass is 288 g/mol. The van der Waals surface area contributed by atoms with Gasteiger partial charge in [0.25, 0.3) is 0 Å². The number of likely N-dealkylation sites (tertiary alicyclic amines) is 1. The van der Waals surface area contributed by atoms with E-state index in [1.54, 1.807) is 4.90 Å². The highest BCUT2D eigenvalue weighted by atomic mass is 32.2. The number of hydrogen-bond acceptors (Lipinski definition) is 4. The van der Waals surface area contributed by atoms with Crippen LogP contribution in [-0.4, -0.2) is 68.4 Å². The first-order valence-electron chi connectivity index (χ1n) is 7.09. The molecule has 5 nitrogen and oxygen atoms in total. The summed E-state index contributed by atoms with van der Waals surface area (Å²) in [4.78, 5) is 16.4. The fourth-order valence-electron chi connectivity index (χ4n) is 3.22. The Hall–Kier alpha value is -0.620. The van der Waals surface area contributed by atoms with Gasteiger partial charge in [-0.05, 0) is 39.3 Å². The van der Waals surface area contributed by atoms with Gasteiger partial charge in [-0.15, -0.1) is 0 Å². The van der Waals surface area contributed by atoms with Gasteiger partial charge in [0.1, 0.15) is 0 Å². The number of rotatable bonds is 4. The van der Waals surface area contributed by atoms with E-state index in [9.17, 15) is 13.2 Å². The van der Waals surface area contributed by atoms with Crippen LogP contribution in [0.5, 0.6) is 0 Å². The van der Waals surface area contributed by atoms with Crippen LogP contribution in [0.25, 0.3) is 0 Å². The summed E-state index contributed by atoms with van der Waals surface area (Å²) in [6, 6.07) is -0.0957. The van der Waals surface area contributed by atoms with Crippen LogP contribution >= 0.6 is 0 Å². The molecule has 2 aliphatic heterocycles. The largest absolute Gasteiger partial charge is 0.339 e. The highest BCUT2D eigenvalue weighted by Gasteiger charge is 2.34. The number of amides is 1. The number of hydrogen-bond donors (Lipinski definition) is 0. The maximum Gasteiger partial charge on any atom is 0.223 e. The van der Waals surface area contributed by atoms with Gasteiger partial charge in [-0.25, -0.2) is 8.42 Å². The zero-order valence-electron chi connectivity index (χ0n) is 11.8. The second-order valence-electron chi connectivity index (χ2n) is 5.86. The molecule has 0 saturated carbocycles. The Labute approximate surface area is 115 Å². The van der Waals surface area contributed by atoms with Gasteiger partial charge < -0.3 is 9.80 Å². The van der Waals surface area contributed by atoms with E-state index < -0.39 is 9.84 Å². The van der Waals surface area contributed by atoms with Gasteiger partial charge in [0.15, 0.2) is 9.84 Å². The first kappa shape index (κ1) is 14.8. The van der Waals surface area contributed by atoms with Crippen LogP contribution in [0, 0.1) is 5.92 Å². The summed E-state index contributed by atoms with van der Waals surface area (Å²) < 4.78 is 23.1. The van der Waals surface area contributed by atoms with E-state index >= 15 is 0 Å². The van der Waals surface area contributed by atoms with Gasteiger partial charge in [-0.2, -0.15) is 0 Å². The lowest BCUT2D eigenvalue weighted by Crippen LogP contribution is -2.41. The van der Waals surface area contributed by atoms with Gasteiger partial charge in [0.2, 0.25) is 5.91 Å². The fraction of sp³-hybridized carbons (Fsp3) is 0.923. The maximum absolute atomic E-state index is 12.3. The van der Waals surface area contributed by atoms with Crippen LogP contribution in [-0.2, 0) is 14.6 Å². The topological polar surface area (TPSA) is 57.7 Å². The molecule has 2 rings (SSSR count). The Morgan fingerprint density at radius 1 is 1.37 bits per heavy atom. The molecule has 2 aliphatic rings. The molecular weight excluding hydrogens is 264 g/mol. The summed E-state index contributed by atoms with van der Waals surface area (Å²) in [7, 11) is -0.847. The molecule has 0 aromatic rings. The summed E-state index contributed by atoms with van der Waals surface area (Å²) in [5.74, 6) is 0.944. The molecular formula is C13H24N2O3S. The van der Waals surface area contributed by atoms with E-state index in [0.29, 0.717) is 25.3 Å². The normalized spacial score (nSPS) is 30.6. The molecule has 110 valence electrons. The third-order valence-corrected chi connectivity index (χ3v) is 6.01. The van der Waals surface area contributed by atoms with Crippen molar-refractivity contribution in [3.8, 4) is 0 Å². The average molecular weight is 288 g/mol. The summed E-state index contributed by atoms with van der Waals surface area (Å²) >= 11 is 0. The highest BCUT2D eigenvalue weighted by Crippen LogP contribution is 2.22. The van der Waals surface area contributed by atoms with Crippen molar-refractivity contribution in [1.82, 2.24) is 9.80 Å². The standard InChI is InChI=1S/C13H24N2O3S/c1-3-15(12-5-7-19(17,18)10-12)13(16)8-11-4-6-14(2)9-11/h11-12H,3-10H2,1-2H3. The minimum Gasteiger partial charge on any atom is -0.339 e. The molecule has 2 saturated heterocycles. The van der Waals surface area contributed by atoms with Crippen molar-refractivity contribution >= 4 is 15.7 Å². The second kappa shape index (κ2) is 5.79. The molecule has 0 spiro atoms. The summed E-state index contributed by atoms with van der Waals surface area (Å²) in [6.07, 6.45) is 2.24. The molecule has 2 fully saturated rings. The Morgan fingerprint density at radius 3 is 2.58 bits per heavy atom. The molecule has 6 heteroatoms. The van der Waals surface area contributed by atoms with Crippen molar-refractivity contribution in [1.29, 1.82) is 0 Å². The molecule has 1 amide bonds. The average Bonchev–Trinajstić information content (AvgIpc) is 2.86. The summed E-state index contributed by atoms with van der Waals surface area (Å²) in [5, 5.41) is 0. The predicted molar refractivity (Wildman–Crippen MR) is 74.7 cm³/mol. The molecule has 0 aromatic carbocycles. The Kier molecular flexibility index (Phi) is 4.50. The van der Waals surface area contributed by atoms with Crippen LogP contribution in [0.1, 0.15) is 26.2 Å². The molecule has 0 N–H and O–H groups in total. The van der Waals surface area contributed by atoms with E-state index in [4.69, 9.17) is 0 Å².